The first kappa shape index (κ1) is 15.1. The molecule has 0 spiro atoms. The third-order valence-electron chi connectivity index (χ3n) is 3.94. The molecule has 0 radical (unpaired) electrons. The molecular formula is C20H14FN3O. The number of hydrogen-bond acceptors (Lipinski definition) is 2. The lowest BCUT2D eigenvalue weighted by molar-refractivity contribution is 0.102. The topological polar surface area (TPSA) is 57.8 Å². The molecule has 1 amide bonds. The van der Waals surface area contributed by atoms with Gasteiger partial charge in [-0.15, -0.1) is 0 Å². The quantitative estimate of drug-likeness (QED) is 0.575. The summed E-state index contributed by atoms with van der Waals surface area (Å²) in [5.41, 5.74) is 3.06. The Kier molecular flexibility index (Phi) is 3.74. The lowest BCUT2D eigenvalue weighted by Crippen LogP contribution is -2.14. The summed E-state index contributed by atoms with van der Waals surface area (Å²) in [6, 6.07) is 20.9. The number of fused-ring (bicyclic) bond motifs is 1. The summed E-state index contributed by atoms with van der Waals surface area (Å²) >= 11 is 0. The van der Waals surface area contributed by atoms with Crippen molar-refractivity contribution in [2.45, 2.75) is 0 Å². The number of carbonyl (C=O) groups is 1. The molecule has 0 unspecified atom stereocenters. The predicted molar refractivity (Wildman–Crippen MR) is 95.9 cm³/mol. The zero-order valence-corrected chi connectivity index (χ0v) is 13.2. The molecule has 0 aliphatic carbocycles. The summed E-state index contributed by atoms with van der Waals surface area (Å²) in [6.07, 6.45) is 0. The number of benzene rings is 3. The van der Waals surface area contributed by atoms with Crippen LogP contribution in [0.5, 0.6) is 0 Å². The van der Waals surface area contributed by atoms with Gasteiger partial charge in [0.15, 0.2) is 0 Å². The minimum Gasteiger partial charge on any atom is -0.338 e. The van der Waals surface area contributed by atoms with E-state index < -0.39 is 11.7 Å². The maximum Gasteiger partial charge on any atom is 0.258 e. The molecule has 4 nitrogen and oxygen atoms in total. The van der Waals surface area contributed by atoms with E-state index in [1.165, 1.54) is 12.1 Å². The number of aromatic amines is 1. The lowest BCUT2D eigenvalue weighted by Gasteiger charge is -2.10. The van der Waals surface area contributed by atoms with Crippen LogP contribution < -0.4 is 5.32 Å². The van der Waals surface area contributed by atoms with Crippen LogP contribution in [0, 0.1) is 5.82 Å². The van der Waals surface area contributed by atoms with Crippen LogP contribution in [-0.2, 0) is 0 Å². The number of nitrogens with zero attached hydrogens (tertiary/aromatic N) is 1. The lowest BCUT2D eigenvalue weighted by atomic mass is 10.1. The molecule has 0 saturated carbocycles. The molecule has 4 aromatic rings. The second-order valence-electron chi connectivity index (χ2n) is 5.58. The van der Waals surface area contributed by atoms with E-state index in [2.05, 4.69) is 15.3 Å². The zero-order chi connectivity index (χ0) is 17.2. The normalized spacial score (nSPS) is 10.8. The van der Waals surface area contributed by atoms with Gasteiger partial charge in [-0.2, -0.15) is 0 Å². The fourth-order valence-electron chi connectivity index (χ4n) is 2.71. The van der Waals surface area contributed by atoms with Crippen molar-refractivity contribution in [3.63, 3.8) is 0 Å². The van der Waals surface area contributed by atoms with Crippen molar-refractivity contribution in [1.82, 2.24) is 9.97 Å². The van der Waals surface area contributed by atoms with E-state index in [0.29, 0.717) is 11.5 Å². The van der Waals surface area contributed by atoms with Crippen LogP contribution in [-0.4, -0.2) is 15.9 Å². The summed E-state index contributed by atoms with van der Waals surface area (Å²) < 4.78 is 13.8. The van der Waals surface area contributed by atoms with Gasteiger partial charge in [0.25, 0.3) is 5.91 Å². The monoisotopic (exact) mass is 331 g/mol. The number of hydrogen-bond donors (Lipinski definition) is 2. The van der Waals surface area contributed by atoms with E-state index >= 15 is 0 Å². The Hall–Kier alpha value is -3.47. The molecule has 1 heterocycles. The van der Waals surface area contributed by atoms with Crippen molar-refractivity contribution < 1.29 is 9.18 Å². The average molecular weight is 331 g/mol. The van der Waals surface area contributed by atoms with E-state index in [1.54, 1.807) is 18.2 Å². The summed E-state index contributed by atoms with van der Waals surface area (Å²) in [4.78, 5) is 20.2. The molecule has 0 bridgehead atoms. The van der Waals surface area contributed by atoms with Gasteiger partial charge in [0, 0.05) is 5.56 Å². The highest BCUT2D eigenvalue weighted by molar-refractivity contribution is 6.06. The Balaban J connectivity index is 1.72. The number of imidazole rings is 1. The van der Waals surface area contributed by atoms with Crippen molar-refractivity contribution in [3.05, 3.63) is 84.2 Å². The molecule has 5 heteroatoms. The molecule has 122 valence electrons. The van der Waals surface area contributed by atoms with Crippen LogP contribution in [0.3, 0.4) is 0 Å². The number of H-pyrrole nitrogens is 1. The number of anilines is 1. The van der Waals surface area contributed by atoms with Gasteiger partial charge in [0.2, 0.25) is 0 Å². The molecule has 25 heavy (non-hydrogen) atoms. The highest BCUT2D eigenvalue weighted by Crippen LogP contribution is 2.28. The first-order valence-corrected chi connectivity index (χ1v) is 7.82. The van der Waals surface area contributed by atoms with Gasteiger partial charge in [-0.3, -0.25) is 4.79 Å². The second kappa shape index (κ2) is 6.20. The van der Waals surface area contributed by atoms with Crippen LogP contribution in [0.1, 0.15) is 10.4 Å². The van der Waals surface area contributed by atoms with Crippen molar-refractivity contribution in [2.75, 3.05) is 5.32 Å². The Morgan fingerprint density at radius 1 is 0.920 bits per heavy atom. The van der Waals surface area contributed by atoms with Gasteiger partial charge in [-0.25, -0.2) is 9.37 Å². The number of para-hydroxylation sites is 3. The third kappa shape index (κ3) is 2.87. The average Bonchev–Trinajstić information content (AvgIpc) is 3.06. The third-order valence-corrected chi connectivity index (χ3v) is 3.94. The number of nitrogens with one attached hydrogen (secondary N) is 2. The summed E-state index contributed by atoms with van der Waals surface area (Å²) in [7, 11) is 0. The van der Waals surface area contributed by atoms with Crippen molar-refractivity contribution in [1.29, 1.82) is 0 Å². The van der Waals surface area contributed by atoms with Crippen molar-refractivity contribution in [3.8, 4) is 11.4 Å². The summed E-state index contributed by atoms with van der Waals surface area (Å²) in [5.74, 6) is -0.409. The molecule has 2 N–H and O–H groups in total. The Bertz CT molecular complexity index is 1040. The van der Waals surface area contributed by atoms with Crippen molar-refractivity contribution >= 4 is 22.6 Å². The van der Waals surface area contributed by atoms with Crippen LogP contribution >= 0.6 is 0 Å². The number of aromatic nitrogens is 2. The van der Waals surface area contributed by atoms with Gasteiger partial charge < -0.3 is 10.3 Å². The molecule has 0 aliphatic rings. The second-order valence-corrected chi connectivity index (χ2v) is 5.58. The largest absolute Gasteiger partial charge is 0.338 e. The fourth-order valence-corrected chi connectivity index (χ4v) is 2.71. The molecule has 1 aromatic heterocycles. The standard InChI is InChI=1S/C20H14FN3O/c21-15-9-3-1-7-13(15)20(25)24-16-10-4-2-8-14(16)19-22-17-11-5-6-12-18(17)23-19/h1-12H,(H,22,23)(H,24,25). The number of carbonyl (C=O) groups excluding carboxylic acids is 1. The Morgan fingerprint density at radius 2 is 1.64 bits per heavy atom. The van der Waals surface area contributed by atoms with E-state index in [-0.39, 0.29) is 5.56 Å². The fraction of sp³-hybridized carbons (Fsp3) is 0. The van der Waals surface area contributed by atoms with Gasteiger partial charge in [-0.1, -0.05) is 36.4 Å². The maximum absolute atomic E-state index is 13.8. The molecule has 3 aromatic carbocycles. The van der Waals surface area contributed by atoms with E-state index in [4.69, 9.17) is 0 Å². The molecule has 4 rings (SSSR count). The van der Waals surface area contributed by atoms with E-state index in [9.17, 15) is 9.18 Å². The summed E-state index contributed by atoms with van der Waals surface area (Å²) in [6.45, 7) is 0. The highest BCUT2D eigenvalue weighted by atomic mass is 19.1. The number of halogens is 1. The van der Waals surface area contributed by atoms with Gasteiger partial charge in [-0.05, 0) is 36.4 Å². The SMILES string of the molecule is O=C(Nc1ccccc1-c1nc2ccccc2[nH]1)c1ccccc1F. The van der Waals surface area contributed by atoms with E-state index in [1.807, 2.05) is 42.5 Å². The van der Waals surface area contributed by atoms with Gasteiger partial charge in [0.05, 0.1) is 22.3 Å². The first-order chi connectivity index (χ1) is 12.2. The highest BCUT2D eigenvalue weighted by Gasteiger charge is 2.15. The molecular weight excluding hydrogens is 317 g/mol. The van der Waals surface area contributed by atoms with Gasteiger partial charge in [0.1, 0.15) is 11.6 Å². The van der Waals surface area contributed by atoms with Gasteiger partial charge >= 0.3 is 0 Å². The smallest absolute Gasteiger partial charge is 0.258 e. The maximum atomic E-state index is 13.8. The zero-order valence-electron chi connectivity index (χ0n) is 13.2. The van der Waals surface area contributed by atoms with Crippen LogP contribution in [0.15, 0.2) is 72.8 Å². The minimum absolute atomic E-state index is 0.00177. The first-order valence-electron chi connectivity index (χ1n) is 7.82. The Morgan fingerprint density at radius 3 is 2.48 bits per heavy atom. The summed E-state index contributed by atoms with van der Waals surface area (Å²) in [5, 5.41) is 2.77. The molecule has 0 aliphatic heterocycles. The van der Waals surface area contributed by atoms with Crippen LogP contribution in [0.4, 0.5) is 10.1 Å². The minimum atomic E-state index is -0.554. The number of amides is 1. The predicted octanol–water partition coefficient (Wildman–Crippen LogP) is 4.62. The van der Waals surface area contributed by atoms with E-state index in [0.717, 1.165) is 16.6 Å². The number of rotatable bonds is 3. The van der Waals surface area contributed by atoms with Crippen molar-refractivity contribution in [2.24, 2.45) is 0 Å². The molecule has 0 atom stereocenters. The molecule has 0 saturated heterocycles. The van der Waals surface area contributed by atoms with Crippen LogP contribution in [0.2, 0.25) is 0 Å². The Labute approximate surface area is 143 Å². The van der Waals surface area contributed by atoms with Crippen LogP contribution in [0.25, 0.3) is 22.4 Å². The molecule has 0 fully saturated rings.